The van der Waals surface area contributed by atoms with Crippen LogP contribution in [-0.4, -0.2) is 24.9 Å². The summed E-state index contributed by atoms with van der Waals surface area (Å²) < 4.78 is 0. The summed E-state index contributed by atoms with van der Waals surface area (Å²) in [5.74, 6) is -0.752. The molecule has 3 N–H and O–H groups in total. The van der Waals surface area contributed by atoms with Crippen molar-refractivity contribution in [1.29, 1.82) is 0 Å². The van der Waals surface area contributed by atoms with E-state index in [2.05, 4.69) is 5.32 Å². The van der Waals surface area contributed by atoms with Gasteiger partial charge in [0.05, 0.1) is 23.2 Å². The second-order valence-corrected chi connectivity index (χ2v) is 4.53. The third-order valence-electron chi connectivity index (χ3n) is 3.52. The number of para-hydroxylation sites is 2. The van der Waals surface area contributed by atoms with Crippen molar-refractivity contribution in [2.45, 2.75) is 0 Å². The van der Waals surface area contributed by atoms with Crippen molar-refractivity contribution in [2.24, 2.45) is 11.8 Å². The highest BCUT2D eigenvalue weighted by molar-refractivity contribution is 6.06. The molecule has 2 saturated heterocycles. The Morgan fingerprint density at radius 3 is 2.29 bits per heavy atom. The number of anilines is 2. The molecule has 0 saturated carbocycles. The van der Waals surface area contributed by atoms with Crippen LogP contribution in [0.25, 0.3) is 0 Å². The molecule has 2 atom stereocenters. The van der Waals surface area contributed by atoms with Crippen LogP contribution in [0.15, 0.2) is 24.3 Å². The van der Waals surface area contributed by atoms with Gasteiger partial charge >= 0.3 is 0 Å². The van der Waals surface area contributed by atoms with Crippen molar-refractivity contribution in [3.05, 3.63) is 24.3 Å². The van der Waals surface area contributed by atoms with Gasteiger partial charge in [-0.2, -0.15) is 0 Å². The molecule has 5 nitrogen and oxygen atoms in total. The maximum absolute atomic E-state index is 11.5. The highest BCUT2D eigenvalue weighted by atomic mass is 16.2. The number of nitrogens with zero attached hydrogens (tertiary/aromatic N) is 1. The van der Waals surface area contributed by atoms with Gasteiger partial charge in [-0.3, -0.25) is 14.9 Å². The van der Waals surface area contributed by atoms with Gasteiger partial charge in [0.1, 0.15) is 0 Å². The average Bonchev–Trinajstić information content (AvgIpc) is 2.83. The lowest BCUT2D eigenvalue weighted by molar-refractivity contribution is -0.126. The molecule has 0 radical (unpaired) electrons. The van der Waals surface area contributed by atoms with Crippen molar-refractivity contribution in [3.8, 4) is 0 Å². The summed E-state index contributed by atoms with van der Waals surface area (Å²) in [7, 11) is 0. The largest absolute Gasteiger partial charge is 0.397 e. The van der Waals surface area contributed by atoms with E-state index in [1.807, 2.05) is 29.2 Å². The Balaban J connectivity index is 1.88. The molecule has 2 heterocycles. The number of hydrogen-bond donors (Lipinski definition) is 2. The van der Waals surface area contributed by atoms with Gasteiger partial charge in [-0.25, -0.2) is 0 Å². The summed E-state index contributed by atoms with van der Waals surface area (Å²) in [6, 6.07) is 7.51. The Morgan fingerprint density at radius 1 is 1.12 bits per heavy atom. The van der Waals surface area contributed by atoms with Crippen LogP contribution in [0, 0.1) is 11.8 Å². The molecule has 0 unspecified atom stereocenters. The average molecular weight is 231 g/mol. The second-order valence-electron chi connectivity index (χ2n) is 4.53. The first-order valence-electron chi connectivity index (χ1n) is 5.61. The van der Waals surface area contributed by atoms with Crippen molar-refractivity contribution >= 4 is 23.2 Å². The van der Waals surface area contributed by atoms with Crippen LogP contribution in [0.4, 0.5) is 11.4 Å². The van der Waals surface area contributed by atoms with Crippen molar-refractivity contribution in [2.75, 3.05) is 23.7 Å². The number of fused-ring (bicyclic) bond motifs is 1. The Bertz CT molecular complexity index is 478. The first kappa shape index (κ1) is 10.1. The topological polar surface area (TPSA) is 75.4 Å². The number of benzene rings is 1. The van der Waals surface area contributed by atoms with Gasteiger partial charge in [0.2, 0.25) is 11.8 Å². The van der Waals surface area contributed by atoms with Gasteiger partial charge in [-0.1, -0.05) is 12.1 Å². The Morgan fingerprint density at radius 2 is 1.71 bits per heavy atom. The van der Waals surface area contributed by atoms with E-state index >= 15 is 0 Å². The van der Waals surface area contributed by atoms with E-state index in [0.717, 1.165) is 5.69 Å². The molecule has 17 heavy (non-hydrogen) atoms. The van der Waals surface area contributed by atoms with E-state index in [0.29, 0.717) is 18.8 Å². The lowest BCUT2D eigenvalue weighted by Crippen LogP contribution is -2.31. The molecule has 0 bridgehead atoms. The van der Waals surface area contributed by atoms with Gasteiger partial charge < -0.3 is 10.6 Å². The van der Waals surface area contributed by atoms with Crippen LogP contribution >= 0.6 is 0 Å². The summed E-state index contributed by atoms with van der Waals surface area (Å²) in [5.41, 5.74) is 7.48. The predicted octanol–water partition coefficient (Wildman–Crippen LogP) is -0.0224. The minimum Gasteiger partial charge on any atom is -0.397 e. The molecule has 1 aromatic carbocycles. The standard InChI is InChI=1S/C12H13N3O2/c13-9-3-1-2-4-10(9)15-5-7-8(6-15)12(17)14-11(7)16/h1-4,7-8H,5-6,13H2,(H,14,16,17)/t7-,8+. The van der Waals surface area contributed by atoms with Gasteiger partial charge in [0.25, 0.3) is 0 Å². The fourth-order valence-corrected chi connectivity index (χ4v) is 2.61. The molecule has 2 aliphatic heterocycles. The van der Waals surface area contributed by atoms with E-state index in [1.54, 1.807) is 0 Å². The molecule has 0 spiro atoms. The number of amides is 2. The quantitative estimate of drug-likeness (QED) is 0.526. The number of carbonyl (C=O) groups is 2. The molecule has 2 fully saturated rings. The number of nitrogen functional groups attached to an aromatic ring is 1. The minimum absolute atomic E-state index is 0.156. The number of hydrogen-bond acceptors (Lipinski definition) is 4. The van der Waals surface area contributed by atoms with Gasteiger partial charge in [0.15, 0.2) is 0 Å². The van der Waals surface area contributed by atoms with Gasteiger partial charge in [-0.15, -0.1) is 0 Å². The fraction of sp³-hybridized carbons (Fsp3) is 0.333. The van der Waals surface area contributed by atoms with Crippen LogP contribution in [0.5, 0.6) is 0 Å². The molecule has 0 aliphatic carbocycles. The van der Waals surface area contributed by atoms with Gasteiger partial charge in [-0.05, 0) is 12.1 Å². The molecule has 3 rings (SSSR count). The van der Waals surface area contributed by atoms with Crippen molar-refractivity contribution < 1.29 is 9.59 Å². The molecule has 1 aromatic rings. The summed E-state index contributed by atoms with van der Waals surface area (Å²) in [6.07, 6.45) is 0. The van der Waals surface area contributed by atoms with Crippen molar-refractivity contribution in [3.63, 3.8) is 0 Å². The molecular formula is C12H13N3O2. The summed E-state index contributed by atoms with van der Waals surface area (Å²) in [6.45, 7) is 1.13. The van der Waals surface area contributed by atoms with Crippen LogP contribution in [0.2, 0.25) is 0 Å². The summed E-state index contributed by atoms with van der Waals surface area (Å²) in [4.78, 5) is 25.1. The molecule has 2 aliphatic rings. The zero-order valence-corrected chi connectivity index (χ0v) is 9.22. The van der Waals surface area contributed by atoms with Crippen LogP contribution in [-0.2, 0) is 9.59 Å². The normalized spacial score (nSPS) is 27.2. The predicted molar refractivity (Wildman–Crippen MR) is 63.2 cm³/mol. The number of imide groups is 1. The molecule has 0 aromatic heterocycles. The van der Waals surface area contributed by atoms with Crippen molar-refractivity contribution in [1.82, 2.24) is 5.32 Å². The summed E-state index contributed by atoms with van der Waals surface area (Å²) >= 11 is 0. The number of nitrogens with two attached hydrogens (primary N) is 1. The maximum Gasteiger partial charge on any atom is 0.232 e. The highest BCUT2D eigenvalue weighted by Crippen LogP contribution is 2.34. The fourth-order valence-electron chi connectivity index (χ4n) is 2.61. The third-order valence-corrected chi connectivity index (χ3v) is 3.52. The highest BCUT2D eigenvalue weighted by Gasteiger charge is 2.47. The molecule has 2 amide bonds. The third kappa shape index (κ3) is 1.46. The van der Waals surface area contributed by atoms with E-state index < -0.39 is 0 Å². The maximum atomic E-state index is 11.5. The molecule has 5 heteroatoms. The Hall–Kier alpha value is -2.04. The molecule has 88 valence electrons. The monoisotopic (exact) mass is 231 g/mol. The lowest BCUT2D eigenvalue weighted by Gasteiger charge is -2.20. The van der Waals surface area contributed by atoms with E-state index in [1.165, 1.54) is 0 Å². The Labute approximate surface area is 98.6 Å². The minimum atomic E-state index is -0.220. The first-order chi connectivity index (χ1) is 8.16. The number of rotatable bonds is 1. The zero-order chi connectivity index (χ0) is 12.0. The smallest absolute Gasteiger partial charge is 0.232 e. The SMILES string of the molecule is Nc1ccccc1N1C[C@@H]2C(=O)NC(=O)[C@@H]2C1. The van der Waals surface area contributed by atoms with Crippen LogP contribution in [0.1, 0.15) is 0 Å². The summed E-state index contributed by atoms with van der Waals surface area (Å²) in [5, 5.41) is 2.37. The number of carbonyl (C=O) groups excluding carboxylic acids is 2. The first-order valence-corrected chi connectivity index (χ1v) is 5.61. The van der Waals surface area contributed by atoms with Crippen LogP contribution < -0.4 is 16.0 Å². The lowest BCUT2D eigenvalue weighted by atomic mass is 10.00. The molecular weight excluding hydrogens is 218 g/mol. The van der Waals surface area contributed by atoms with E-state index in [4.69, 9.17) is 5.73 Å². The number of nitrogens with one attached hydrogen (secondary N) is 1. The second kappa shape index (κ2) is 3.48. The Kier molecular flexibility index (Phi) is 2.07. The van der Waals surface area contributed by atoms with Crippen LogP contribution in [0.3, 0.4) is 0 Å². The zero-order valence-electron chi connectivity index (χ0n) is 9.22. The van der Waals surface area contributed by atoms with Gasteiger partial charge in [0, 0.05) is 13.1 Å². The van der Waals surface area contributed by atoms with E-state index in [-0.39, 0.29) is 23.7 Å². The van der Waals surface area contributed by atoms with E-state index in [9.17, 15) is 9.59 Å².